The van der Waals surface area contributed by atoms with Gasteiger partial charge in [-0.2, -0.15) is 0 Å². The van der Waals surface area contributed by atoms with Gasteiger partial charge in [0.15, 0.2) is 0 Å². The van der Waals surface area contributed by atoms with Crippen LogP contribution in [0.5, 0.6) is 0 Å². The molecule has 0 aliphatic heterocycles. The number of hydrogen-bond acceptors (Lipinski definition) is 4. The highest BCUT2D eigenvalue weighted by Gasteiger charge is 2.44. The van der Waals surface area contributed by atoms with Crippen molar-refractivity contribution in [3.05, 3.63) is 0 Å². The molecule has 1 atom stereocenters. The summed E-state index contributed by atoms with van der Waals surface area (Å²) in [5, 5.41) is 0. The summed E-state index contributed by atoms with van der Waals surface area (Å²) in [5.74, 6) is -1.96. The first-order chi connectivity index (χ1) is 8.00. The second-order valence-corrected chi connectivity index (χ2v) is 6.85. The Kier molecular flexibility index (Phi) is 6.44. The molecule has 106 valence electrons. The van der Waals surface area contributed by atoms with E-state index in [0.717, 1.165) is 0 Å². The second-order valence-electron chi connectivity index (χ2n) is 5.47. The normalized spacial score (nSPS) is 13.9. The van der Waals surface area contributed by atoms with Gasteiger partial charge in [-0.3, -0.25) is 0 Å². The van der Waals surface area contributed by atoms with Crippen molar-refractivity contribution in [1.82, 2.24) is 0 Å². The molecule has 6 heteroatoms. The molecule has 0 aliphatic rings. The first-order valence-electron chi connectivity index (χ1n) is 5.80. The lowest BCUT2D eigenvalue weighted by atomic mass is 9.84. The Morgan fingerprint density at radius 1 is 1.17 bits per heavy atom. The average molecular weight is 299 g/mol. The van der Waals surface area contributed by atoms with Gasteiger partial charge in [0.1, 0.15) is 0 Å². The zero-order valence-corrected chi connectivity index (χ0v) is 12.9. The molecule has 1 unspecified atom stereocenters. The van der Waals surface area contributed by atoms with E-state index in [2.05, 4.69) is 9.78 Å². The minimum Gasteiger partial charge on any atom is -0.247 e. The highest BCUT2D eigenvalue weighted by atomic mass is 35.5. The number of carbonyl (C=O) groups excluding carboxylic acids is 2. The number of hydrogen-bond donors (Lipinski definition) is 0. The van der Waals surface area contributed by atoms with E-state index in [1.807, 2.05) is 20.8 Å². The van der Waals surface area contributed by atoms with Gasteiger partial charge in [-0.05, 0) is 11.8 Å². The van der Waals surface area contributed by atoms with Crippen LogP contribution in [0.2, 0.25) is 0 Å². The Morgan fingerprint density at radius 2 is 1.67 bits per heavy atom. The molecule has 0 heterocycles. The molecular formula is C12H20Cl2O4. The fourth-order valence-corrected chi connectivity index (χ4v) is 1.66. The lowest BCUT2D eigenvalue weighted by molar-refractivity contribution is -0.260. The maximum Gasteiger partial charge on any atom is 0.391 e. The zero-order valence-electron chi connectivity index (χ0n) is 11.4. The van der Waals surface area contributed by atoms with Crippen molar-refractivity contribution in [3.63, 3.8) is 0 Å². The van der Waals surface area contributed by atoms with Crippen molar-refractivity contribution in [2.75, 3.05) is 0 Å². The van der Waals surface area contributed by atoms with Gasteiger partial charge >= 0.3 is 11.9 Å². The molecule has 0 fully saturated rings. The Hall–Kier alpha value is -0.480. The summed E-state index contributed by atoms with van der Waals surface area (Å²) in [6.07, 6.45) is 0.721. The summed E-state index contributed by atoms with van der Waals surface area (Å²) in [6.45, 7) is 9.35. The lowest BCUT2D eigenvalue weighted by Gasteiger charge is -2.29. The van der Waals surface area contributed by atoms with Gasteiger partial charge in [-0.15, -0.1) is 0 Å². The summed E-state index contributed by atoms with van der Waals surface area (Å²) in [4.78, 5) is 31.1. The maximum atomic E-state index is 11.6. The summed E-state index contributed by atoms with van der Waals surface area (Å²) in [7, 11) is 0. The molecule has 0 rings (SSSR count). The quantitative estimate of drug-likeness (QED) is 0.452. The molecule has 18 heavy (non-hydrogen) atoms. The van der Waals surface area contributed by atoms with Gasteiger partial charge in [-0.1, -0.05) is 57.8 Å². The molecule has 0 spiro atoms. The molecule has 0 aliphatic carbocycles. The molecule has 0 bridgehead atoms. The molecule has 0 N–H and O–H groups in total. The largest absolute Gasteiger partial charge is 0.391 e. The molecule has 0 saturated heterocycles. The van der Waals surface area contributed by atoms with Crippen molar-refractivity contribution in [2.45, 2.75) is 51.8 Å². The Balaban J connectivity index is 4.51. The summed E-state index contributed by atoms with van der Waals surface area (Å²) in [6, 6.07) is 0. The Labute approximate surface area is 118 Å². The number of halogens is 2. The Morgan fingerprint density at radius 3 is 2.06 bits per heavy atom. The van der Waals surface area contributed by atoms with E-state index in [1.54, 1.807) is 13.8 Å². The van der Waals surface area contributed by atoms with Crippen molar-refractivity contribution >= 4 is 35.1 Å². The van der Waals surface area contributed by atoms with Gasteiger partial charge in [0, 0.05) is 12.3 Å². The monoisotopic (exact) mass is 298 g/mol. The van der Waals surface area contributed by atoms with Crippen LogP contribution in [0.4, 0.5) is 0 Å². The Bertz CT molecular complexity index is 308. The average Bonchev–Trinajstić information content (AvgIpc) is 2.22. The van der Waals surface area contributed by atoms with Crippen molar-refractivity contribution < 1.29 is 19.4 Å². The van der Waals surface area contributed by atoms with Crippen LogP contribution in [0.1, 0.15) is 47.5 Å². The van der Waals surface area contributed by atoms with Crippen molar-refractivity contribution in [1.29, 1.82) is 0 Å². The predicted octanol–water partition coefficient (Wildman–Crippen LogP) is 3.64. The minimum atomic E-state index is -1.73. The smallest absolute Gasteiger partial charge is 0.247 e. The van der Waals surface area contributed by atoms with Crippen LogP contribution >= 0.6 is 23.2 Å². The molecule has 0 amide bonds. The van der Waals surface area contributed by atoms with Crippen LogP contribution in [-0.2, 0) is 19.4 Å². The van der Waals surface area contributed by atoms with Gasteiger partial charge in [0.25, 0.3) is 0 Å². The molecule has 0 aromatic rings. The molecule has 4 nitrogen and oxygen atoms in total. The number of rotatable bonds is 4. The fraction of sp³-hybridized carbons (Fsp3) is 0.833. The first-order valence-corrected chi connectivity index (χ1v) is 6.56. The summed E-state index contributed by atoms with van der Waals surface area (Å²) in [5.41, 5.74) is -0.0329. The van der Waals surface area contributed by atoms with Crippen LogP contribution in [0.3, 0.4) is 0 Å². The summed E-state index contributed by atoms with van der Waals surface area (Å²) < 4.78 is -1.73. The zero-order chi connectivity index (χ0) is 14.6. The van der Waals surface area contributed by atoms with Crippen LogP contribution in [-0.4, -0.2) is 16.3 Å². The lowest BCUT2D eigenvalue weighted by Crippen LogP contribution is -2.37. The van der Waals surface area contributed by atoms with E-state index in [9.17, 15) is 9.59 Å². The van der Waals surface area contributed by atoms with E-state index >= 15 is 0 Å². The molecular weight excluding hydrogens is 279 g/mol. The van der Waals surface area contributed by atoms with Crippen LogP contribution in [0.25, 0.3) is 0 Å². The topological polar surface area (TPSA) is 52.6 Å². The van der Waals surface area contributed by atoms with Gasteiger partial charge in [-0.25, -0.2) is 19.4 Å². The second kappa shape index (κ2) is 6.62. The third-order valence-electron chi connectivity index (χ3n) is 2.31. The van der Waals surface area contributed by atoms with E-state index in [0.29, 0.717) is 6.42 Å². The van der Waals surface area contributed by atoms with Gasteiger partial charge in [0.2, 0.25) is 4.33 Å². The highest BCUT2D eigenvalue weighted by molar-refractivity contribution is 6.57. The van der Waals surface area contributed by atoms with E-state index in [4.69, 9.17) is 23.2 Å². The van der Waals surface area contributed by atoms with Crippen LogP contribution in [0, 0.1) is 11.3 Å². The van der Waals surface area contributed by atoms with Crippen LogP contribution < -0.4 is 0 Å². The van der Waals surface area contributed by atoms with Crippen molar-refractivity contribution in [3.8, 4) is 0 Å². The van der Waals surface area contributed by atoms with Gasteiger partial charge in [0.05, 0.1) is 0 Å². The standard InChI is InChI=1S/C12H20Cl2O4/c1-6-9(15)17-18-10(16)12(13,14)8(2)7-11(3,4)5/h8H,6-7H2,1-5H3. The van der Waals surface area contributed by atoms with E-state index in [-0.39, 0.29) is 17.8 Å². The van der Waals surface area contributed by atoms with Crippen molar-refractivity contribution in [2.24, 2.45) is 11.3 Å². The maximum absolute atomic E-state index is 11.6. The summed E-state index contributed by atoms with van der Waals surface area (Å²) >= 11 is 11.9. The third kappa shape index (κ3) is 5.91. The highest BCUT2D eigenvalue weighted by Crippen LogP contribution is 2.38. The SMILES string of the molecule is CCC(=O)OOC(=O)C(Cl)(Cl)C(C)CC(C)(C)C. The number of carbonyl (C=O) groups is 2. The minimum absolute atomic E-state index is 0.0329. The van der Waals surface area contributed by atoms with E-state index in [1.165, 1.54) is 0 Å². The fourth-order valence-electron chi connectivity index (χ4n) is 1.45. The molecule has 0 aromatic carbocycles. The van der Waals surface area contributed by atoms with E-state index < -0.39 is 16.3 Å². The van der Waals surface area contributed by atoms with Crippen LogP contribution in [0.15, 0.2) is 0 Å². The predicted molar refractivity (Wildman–Crippen MR) is 70.1 cm³/mol. The first kappa shape index (κ1) is 17.5. The molecule has 0 aromatic heterocycles. The van der Waals surface area contributed by atoms with Gasteiger partial charge < -0.3 is 0 Å². The molecule has 0 radical (unpaired) electrons. The third-order valence-corrected chi connectivity index (χ3v) is 3.36. The molecule has 0 saturated carbocycles. The number of alkyl halides is 2.